The molecule has 3 amide bonds. The van der Waals surface area contributed by atoms with E-state index in [1.54, 1.807) is 27.9 Å². The van der Waals surface area contributed by atoms with E-state index in [2.05, 4.69) is 10.6 Å². The number of hydrogen-bond acceptors (Lipinski definition) is 5. The maximum Gasteiger partial charge on any atom is 0.408 e. The van der Waals surface area contributed by atoms with Crippen molar-refractivity contribution in [1.82, 2.24) is 15.5 Å². The van der Waals surface area contributed by atoms with Crippen molar-refractivity contribution in [3.8, 4) is 5.75 Å². The summed E-state index contributed by atoms with van der Waals surface area (Å²) in [6, 6.07) is 7.53. The van der Waals surface area contributed by atoms with Crippen LogP contribution in [0.3, 0.4) is 0 Å². The van der Waals surface area contributed by atoms with Crippen LogP contribution in [-0.4, -0.2) is 61.7 Å². The molecule has 2 rings (SSSR count). The summed E-state index contributed by atoms with van der Waals surface area (Å²) in [4.78, 5) is 37.9. The molecule has 1 aromatic carbocycles. The van der Waals surface area contributed by atoms with Crippen molar-refractivity contribution >= 4 is 17.9 Å². The Hall–Kier alpha value is -2.77. The predicted molar refractivity (Wildman–Crippen MR) is 113 cm³/mol. The average molecular weight is 420 g/mol. The van der Waals surface area contributed by atoms with Gasteiger partial charge in [0.2, 0.25) is 11.8 Å². The Morgan fingerprint density at radius 3 is 2.27 bits per heavy atom. The van der Waals surface area contributed by atoms with E-state index in [9.17, 15) is 14.4 Å². The highest BCUT2D eigenvalue weighted by molar-refractivity contribution is 5.82. The van der Waals surface area contributed by atoms with Gasteiger partial charge in [0.15, 0.2) is 0 Å². The van der Waals surface area contributed by atoms with Gasteiger partial charge in [0, 0.05) is 19.6 Å². The third-order valence-electron chi connectivity index (χ3n) is 4.86. The highest BCUT2D eigenvalue weighted by Crippen LogP contribution is 2.18. The number of nitrogens with one attached hydrogen (secondary N) is 2. The molecule has 0 radical (unpaired) electrons. The van der Waals surface area contributed by atoms with Crippen LogP contribution < -0.4 is 15.4 Å². The van der Waals surface area contributed by atoms with E-state index in [1.807, 2.05) is 29.2 Å². The van der Waals surface area contributed by atoms with Crippen LogP contribution in [0.1, 0.15) is 39.2 Å². The maximum atomic E-state index is 12.5. The molecule has 30 heavy (non-hydrogen) atoms. The van der Waals surface area contributed by atoms with Crippen LogP contribution in [0, 0.1) is 5.92 Å². The van der Waals surface area contributed by atoms with Crippen LogP contribution in [-0.2, 0) is 20.7 Å². The van der Waals surface area contributed by atoms with Gasteiger partial charge in [-0.2, -0.15) is 0 Å². The first-order valence-corrected chi connectivity index (χ1v) is 10.3. The number of methoxy groups -OCH3 is 1. The molecule has 0 bridgehead atoms. The molecule has 0 aromatic heterocycles. The molecule has 0 atom stereocenters. The minimum atomic E-state index is -0.610. The van der Waals surface area contributed by atoms with Gasteiger partial charge in [0.1, 0.15) is 11.4 Å². The van der Waals surface area contributed by atoms with Crippen LogP contribution in [0.5, 0.6) is 5.75 Å². The van der Waals surface area contributed by atoms with Gasteiger partial charge < -0.3 is 25.0 Å². The largest absolute Gasteiger partial charge is 0.497 e. The summed E-state index contributed by atoms with van der Waals surface area (Å²) in [5.41, 5.74) is 0.368. The van der Waals surface area contributed by atoms with E-state index in [4.69, 9.17) is 9.47 Å². The number of hydrogen-bond donors (Lipinski definition) is 2. The fourth-order valence-electron chi connectivity index (χ4n) is 3.20. The van der Waals surface area contributed by atoms with E-state index in [1.165, 1.54) is 0 Å². The molecule has 0 spiro atoms. The molecule has 1 aliphatic rings. The summed E-state index contributed by atoms with van der Waals surface area (Å²) in [6.45, 7) is 7.09. The summed E-state index contributed by atoms with van der Waals surface area (Å²) in [7, 11) is 1.62. The van der Waals surface area contributed by atoms with Crippen molar-refractivity contribution in [2.24, 2.45) is 5.92 Å². The lowest BCUT2D eigenvalue weighted by Crippen LogP contribution is -2.44. The molecule has 0 unspecified atom stereocenters. The molecule has 166 valence electrons. The summed E-state index contributed by atoms with van der Waals surface area (Å²) >= 11 is 0. The van der Waals surface area contributed by atoms with Gasteiger partial charge in [-0.15, -0.1) is 0 Å². The van der Waals surface area contributed by atoms with Gasteiger partial charge in [-0.3, -0.25) is 9.59 Å². The quantitative estimate of drug-likeness (QED) is 0.706. The van der Waals surface area contributed by atoms with Gasteiger partial charge in [-0.25, -0.2) is 4.79 Å². The second kappa shape index (κ2) is 10.8. The molecule has 8 nitrogen and oxygen atoms in total. The van der Waals surface area contributed by atoms with Crippen molar-refractivity contribution in [3.05, 3.63) is 29.8 Å². The van der Waals surface area contributed by atoms with Gasteiger partial charge >= 0.3 is 6.09 Å². The van der Waals surface area contributed by atoms with Crippen molar-refractivity contribution < 1.29 is 23.9 Å². The second-order valence-corrected chi connectivity index (χ2v) is 8.51. The second-order valence-electron chi connectivity index (χ2n) is 8.51. The van der Waals surface area contributed by atoms with Crippen molar-refractivity contribution in [2.45, 2.75) is 45.6 Å². The molecule has 1 aromatic rings. The first-order chi connectivity index (χ1) is 14.2. The lowest BCUT2D eigenvalue weighted by atomic mass is 9.96. The smallest absolute Gasteiger partial charge is 0.408 e. The van der Waals surface area contributed by atoms with Crippen LogP contribution >= 0.6 is 0 Å². The van der Waals surface area contributed by atoms with E-state index in [0.717, 1.165) is 24.2 Å². The first-order valence-electron chi connectivity index (χ1n) is 10.3. The Bertz CT molecular complexity index is 719. The normalized spacial score (nSPS) is 14.7. The predicted octanol–water partition coefficient (Wildman–Crippen LogP) is 2.12. The van der Waals surface area contributed by atoms with Crippen molar-refractivity contribution in [3.63, 3.8) is 0 Å². The SMILES string of the molecule is COc1ccc(CC(=O)N2CCC(CNC(=O)CNC(=O)OC(C)(C)C)CC2)cc1. The van der Waals surface area contributed by atoms with E-state index in [0.29, 0.717) is 32.0 Å². The molecule has 1 fully saturated rings. The molecular weight excluding hydrogens is 386 g/mol. The van der Waals surface area contributed by atoms with Crippen molar-refractivity contribution in [1.29, 1.82) is 0 Å². The molecule has 8 heteroatoms. The van der Waals surface area contributed by atoms with E-state index < -0.39 is 11.7 Å². The fraction of sp³-hybridized carbons (Fsp3) is 0.591. The van der Waals surface area contributed by atoms with Gasteiger partial charge in [-0.1, -0.05) is 12.1 Å². The molecule has 2 N–H and O–H groups in total. The third-order valence-corrected chi connectivity index (χ3v) is 4.86. The molecule has 0 aliphatic carbocycles. The minimum absolute atomic E-state index is 0.115. The van der Waals surface area contributed by atoms with Crippen LogP contribution in [0.4, 0.5) is 4.79 Å². The van der Waals surface area contributed by atoms with Gasteiger partial charge in [-0.05, 0) is 57.2 Å². The highest BCUT2D eigenvalue weighted by Gasteiger charge is 2.23. The van der Waals surface area contributed by atoms with Crippen LogP contribution in [0.25, 0.3) is 0 Å². The first kappa shape index (κ1) is 23.5. The summed E-state index contributed by atoms with van der Waals surface area (Å²) in [5, 5.41) is 5.29. The summed E-state index contributed by atoms with van der Waals surface area (Å²) in [6.07, 6.45) is 1.45. The standard InChI is InChI=1S/C22H33N3O5/c1-22(2,3)30-21(28)24-15-19(26)23-14-17-9-11-25(12-10-17)20(27)13-16-5-7-18(29-4)8-6-16/h5-8,17H,9-15H2,1-4H3,(H,23,26)(H,24,28). The number of carbonyl (C=O) groups is 3. The zero-order chi connectivity index (χ0) is 22.1. The number of benzene rings is 1. The number of rotatable bonds is 7. The Morgan fingerprint density at radius 1 is 1.07 bits per heavy atom. The Kier molecular flexibility index (Phi) is 8.50. The van der Waals surface area contributed by atoms with E-state index in [-0.39, 0.29) is 18.4 Å². The maximum absolute atomic E-state index is 12.5. The third kappa shape index (κ3) is 8.31. The average Bonchev–Trinajstić information content (AvgIpc) is 2.70. The molecule has 1 saturated heterocycles. The van der Waals surface area contributed by atoms with Gasteiger partial charge in [0.25, 0.3) is 0 Å². The molecule has 1 heterocycles. The molecule has 1 aliphatic heterocycles. The monoisotopic (exact) mass is 419 g/mol. The zero-order valence-corrected chi connectivity index (χ0v) is 18.3. The van der Waals surface area contributed by atoms with Crippen molar-refractivity contribution in [2.75, 3.05) is 33.3 Å². The molecular formula is C22H33N3O5. The highest BCUT2D eigenvalue weighted by atomic mass is 16.6. The Labute approximate surface area is 178 Å². The summed E-state index contributed by atoms with van der Waals surface area (Å²) < 4.78 is 10.2. The van der Waals surface area contributed by atoms with E-state index >= 15 is 0 Å². The number of alkyl carbamates (subject to hydrolysis) is 1. The fourth-order valence-corrected chi connectivity index (χ4v) is 3.20. The van der Waals surface area contributed by atoms with Crippen LogP contribution in [0.2, 0.25) is 0 Å². The van der Waals surface area contributed by atoms with Crippen LogP contribution in [0.15, 0.2) is 24.3 Å². The Morgan fingerprint density at radius 2 is 1.70 bits per heavy atom. The minimum Gasteiger partial charge on any atom is -0.497 e. The number of carbonyl (C=O) groups excluding carboxylic acids is 3. The number of piperidine rings is 1. The number of nitrogens with zero attached hydrogens (tertiary/aromatic N) is 1. The number of likely N-dealkylation sites (tertiary alicyclic amines) is 1. The Balaban J connectivity index is 1.64. The lowest BCUT2D eigenvalue weighted by Gasteiger charge is -2.32. The summed E-state index contributed by atoms with van der Waals surface area (Å²) in [5.74, 6) is 0.957. The topological polar surface area (TPSA) is 97.0 Å². The number of ether oxygens (including phenoxy) is 2. The number of amides is 3. The molecule has 0 saturated carbocycles. The lowest BCUT2D eigenvalue weighted by molar-refractivity contribution is -0.132. The zero-order valence-electron chi connectivity index (χ0n) is 18.3. The van der Waals surface area contributed by atoms with Gasteiger partial charge in [0.05, 0.1) is 20.1 Å².